The maximum absolute atomic E-state index is 11.2. The summed E-state index contributed by atoms with van der Waals surface area (Å²) in [6.07, 6.45) is 0. The minimum absolute atomic E-state index is 0.113. The molecule has 0 spiro atoms. The molecule has 0 aliphatic carbocycles. The van der Waals surface area contributed by atoms with Crippen LogP contribution in [0, 0.1) is 0 Å². The summed E-state index contributed by atoms with van der Waals surface area (Å²) in [6, 6.07) is 15.6. The van der Waals surface area contributed by atoms with Crippen molar-refractivity contribution in [3.05, 3.63) is 65.2 Å². The van der Waals surface area contributed by atoms with Crippen molar-refractivity contribution in [2.45, 2.75) is 6.92 Å². The summed E-state index contributed by atoms with van der Waals surface area (Å²) in [6.45, 7) is 2.47. The lowest BCUT2D eigenvalue weighted by atomic mass is 10.2. The summed E-state index contributed by atoms with van der Waals surface area (Å²) < 4.78 is 0. The molecule has 2 aromatic carbocycles. The molecule has 4 heteroatoms. The average molecular weight is 278 g/mol. The van der Waals surface area contributed by atoms with Crippen molar-refractivity contribution < 1.29 is 9.90 Å². The van der Waals surface area contributed by atoms with Crippen LogP contribution >= 0.6 is 11.6 Å². The molecule has 0 saturated heterocycles. The Morgan fingerprint density at radius 1 is 1.11 bits per heavy atom. The van der Waals surface area contributed by atoms with Crippen LogP contribution in [-0.2, 0) is 0 Å². The van der Waals surface area contributed by atoms with Crippen LogP contribution in [0.2, 0.25) is 5.02 Å². The van der Waals surface area contributed by atoms with Gasteiger partial charge in [-0.3, -0.25) is 4.79 Å². The van der Waals surface area contributed by atoms with E-state index < -0.39 is 0 Å². The van der Waals surface area contributed by atoms with E-state index in [1.807, 2.05) is 37.3 Å². The van der Waals surface area contributed by atoms with Crippen molar-refractivity contribution in [2.75, 3.05) is 6.54 Å². The lowest BCUT2D eigenvalue weighted by molar-refractivity contribution is 0.0956. The Labute approximate surface area is 117 Å². The number of carbonyl (C=O) groups excluding carboxylic acids is 1. The smallest absolute Gasteiger partial charge is 0.251 e. The van der Waals surface area contributed by atoms with Gasteiger partial charge in [-0.1, -0.05) is 29.8 Å². The van der Waals surface area contributed by atoms with Crippen molar-refractivity contribution in [1.29, 1.82) is 0 Å². The topological polar surface area (TPSA) is 49.3 Å². The quantitative estimate of drug-likeness (QED) is 0.883. The highest BCUT2D eigenvalue weighted by molar-refractivity contribution is 6.30. The molecular formula is C15H16ClNO2. The number of nitrogens with one attached hydrogen (secondary N) is 1. The van der Waals surface area contributed by atoms with E-state index in [0.717, 1.165) is 5.02 Å². The van der Waals surface area contributed by atoms with E-state index in [4.69, 9.17) is 16.7 Å². The molecular weight excluding hydrogens is 262 g/mol. The number of rotatable bonds is 2. The average Bonchev–Trinajstić information content (AvgIpc) is 2.41. The third-order valence-corrected chi connectivity index (χ3v) is 2.45. The predicted octanol–water partition coefficient (Wildman–Crippen LogP) is 3.48. The zero-order valence-electron chi connectivity index (χ0n) is 10.6. The summed E-state index contributed by atoms with van der Waals surface area (Å²) in [4.78, 5) is 11.2. The van der Waals surface area contributed by atoms with E-state index in [0.29, 0.717) is 12.1 Å². The lowest BCUT2D eigenvalue weighted by Crippen LogP contribution is -2.22. The number of benzene rings is 2. The molecule has 0 saturated carbocycles. The maximum Gasteiger partial charge on any atom is 0.251 e. The number of amides is 1. The predicted molar refractivity (Wildman–Crippen MR) is 77.6 cm³/mol. The molecule has 19 heavy (non-hydrogen) atoms. The first-order valence-electron chi connectivity index (χ1n) is 5.91. The molecule has 2 rings (SSSR count). The Morgan fingerprint density at radius 2 is 1.68 bits per heavy atom. The summed E-state index contributed by atoms with van der Waals surface area (Å²) in [5, 5.41) is 12.4. The van der Waals surface area contributed by atoms with Crippen molar-refractivity contribution in [2.24, 2.45) is 0 Å². The van der Waals surface area contributed by atoms with Crippen molar-refractivity contribution in [3.8, 4) is 5.75 Å². The molecule has 2 aromatic rings. The summed E-state index contributed by atoms with van der Waals surface area (Å²) in [5.41, 5.74) is 0.564. The van der Waals surface area contributed by atoms with Gasteiger partial charge in [-0.2, -0.15) is 0 Å². The molecule has 0 radical (unpaired) electrons. The van der Waals surface area contributed by atoms with Crippen molar-refractivity contribution in [1.82, 2.24) is 5.32 Å². The fourth-order valence-electron chi connectivity index (χ4n) is 1.29. The van der Waals surface area contributed by atoms with Crippen LogP contribution in [-0.4, -0.2) is 17.6 Å². The Hall–Kier alpha value is -2.00. The first-order chi connectivity index (χ1) is 9.13. The standard InChI is InChI=1S/C9H11NO2.C6H5Cl/c1-2-10-9(12)7-3-5-8(11)6-4-7;7-6-4-2-1-3-5-6/h3-6,11H,2H2,1H3,(H,10,12);1-5H. The minimum Gasteiger partial charge on any atom is -0.508 e. The zero-order chi connectivity index (χ0) is 14.1. The first kappa shape index (κ1) is 15.1. The number of hydrogen-bond acceptors (Lipinski definition) is 2. The third-order valence-electron chi connectivity index (χ3n) is 2.20. The molecule has 0 aliphatic heterocycles. The largest absolute Gasteiger partial charge is 0.508 e. The van der Waals surface area contributed by atoms with Gasteiger partial charge in [0.05, 0.1) is 0 Å². The van der Waals surface area contributed by atoms with Gasteiger partial charge in [0.25, 0.3) is 5.91 Å². The monoisotopic (exact) mass is 277 g/mol. The van der Waals surface area contributed by atoms with Crippen LogP contribution in [0.15, 0.2) is 54.6 Å². The second kappa shape index (κ2) is 8.16. The molecule has 0 unspecified atom stereocenters. The lowest BCUT2D eigenvalue weighted by Gasteiger charge is -2.00. The van der Waals surface area contributed by atoms with Gasteiger partial charge in [0.2, 0.25) is 0 Å². The Kier molecular flexibility index (Phi) is 6.47. The van der Waals surface area contributed by atoms with E-state index in [2.05, 4.69) is 5.32 Å². The highest BCUT2D eigenvalue weighted by Gasteiger charge is 2.01. The number of hydrogen-bond donors (Lipinski definition) is 2. The Balaban J connectivity index is 0.000000218. The van der Waals surface area contributed by atoms with Gasteiger partial charge in [-0.25, -0.2) is 0 Å². The van der Waals surface area contributed by atoms with E-state index in [1.54, 1.807) is 12.1 Å². The molecule has 100 valence electrons. The molecule has 3 nitrogen and oxygen atoms in total. The van der Waals surface area contributed by atoms with E-state index in [9.17, 15) is 4.79 Å². The number of halogens is 1. The normalized spacial score (nSPS) is 9.16. The van der Waals surface area contributed by atoms with Gasteiger partial charge in [0.15, 0.2) is 0 Å². The van der Waals surface area contributed by atoms with Gasteiger partial charge in [-0.15, -0.1) is 0 Å². The minimum atomic E-state index is -0.113. The number of phenols is 1. The molecule has 0 fully saturated rings. The molecule has 0 aromatic heterocycles. The fourth-order valence-corrected chi connectivity index (χ4v) is 1.44. The molecule has 1 amide bonds. The van der Waals surface area contributed by atoms with Crippen LogP contribution in [0.25, 0.3) is 0 Å². The summed E-state index contributed by atoms with van der Waals surface area (Å²) in [7, 11) is 0. The number of carbonyl (C=O) groups is 1. The van der Waals surface area contributed by atoms with E-state index in [-0.39, 0.29) is 11.7 Å². The van der Waals surface area contributed by atoms with Gasteiger partial charge >= 0.3 is 0 Å². The first-order valence-corrected chi connectivity index (χ1v) is 6.29. The fraction of sp³-hybridized carbons (Fsp3) is 0.133. The van der Waals surface area contributed by atoms with Gasteiger partial charge in [0, 0.05) is 17.1 Å². The molecule has 0 aliphatic rings. The molecule has 0 bridgehead atoms. The SMILES string of the molecule is CCNC(=O)c1ccc(O)cc1.Clc1ccccc1. The van der Waals surface area contributed by atoms with Crippen molar-refractivity contribution in [3.63, 3.8) is 0 Å². The molecule has 0 atom stereocenters. The number of phenolic OH excluding ortho intramolecular Hbond substituents is 1. The van der Waals surface area contributed by atoms with Crippen molar-refractivity contribution >= 4 is 17.5 Å². The van der Waals surface area contributed by atoms with Gasteiger partial charge in [-0.05, 0) is 43.3 Å². The second-order valence-electron chi connectivity index (χ2n) is 3.70. The van der Waals surface area contributed by atoms with E-state index in [1.165, 1.54) is 12.1 Å². The van der Waals surface area contributed by atoms with Crippen LogP contribution in [0.3, 0.4) is 0 Å². The summed E-state index contributed by atoms with van der Waals surface area (Å²) >= 11 is 5.54. The summed E-state index contributed by atoms with van der Waals surface area (Å²) in [5.74, 6) is 0.0561. The molecule has 0 heterocycles. The van der Waals surface area contributed by atoms with Crippen LogP contribution in [0.1, 0.15) is 17.3 Å². The number of aromatic hydroxyl groups is 1. The second-order valence-corrected chi connectivity index (χ2v) is 4.14. The van der Waals surface area contributed by atoms with Gasteiger partial charge < -0.3 is 10.4 Å². The Morgan fingerprint density at radius 3 is 2.11 bits per heavy atom. The van der Waals surface area contributed by atoms with Crippen LogP contribution in [0.5, 0.6) is 5.75 Å². The Bertz CT molecular complexity index is 497. The van der Waals surface area contributed by atoms with Gasteiger partial charge in [0.1, 0.15) is 5.75 Å². The van der Waals surface area contributed by atoms with Crippen LogP contribution < -0.4 is 5.32 Å². The third kappa shape index (κ3) is 5.93. The zero-order valence-corrected chi connectivity index (χ0v) is 11.4. The van der Waals surface area contributed by atoms with Crippen LogP contribution in [0.4, 0.5) is 0 Å². The highest BCUT2D eigenvalue weighted by atomic mass is 35.5. The maximum atomic E-state index is 11.2. The molecule has 2 N–H and O–H groups in total. The van der Waals surface area contributed by atoms with E-state index >= 15 is 0 Å². The highest BCUT2D eigenvalue weighted by Crippen LogP contribution is 2.09.